The number of nitrogens with zero attached hydrogens (tertiary/aromatic N) is 1. The van der Waals surface area contributed by atoms with Crippen LogP contribution in [0.5, 0.6) is 0 Å². The van der Waals surface area contributed by atoms with Crippen molar-refractivity contribution in [3.05, 3.63) is 59.0 Å². The lowest BCUT2D eigenvalue weighted by Gasteiger charge is -2.22. The fourth-order valence-electron chi connectivity index (χ4n) is 2.60. The smallest absolute Gasteiger partial charge is 0.257 e. The number of nitrogens with two attached hydrogens (primary N) is 1. The van der Waals surface area contributed by atoms with Crippen LogP contribution in [-0.2, 0) is 19.5 Å². The van der Waals surface area contributed by atoms with E-state index in [1.807, 2.05) is 4.90 Å². The first kappa shape index (κ1) is 14.9. The summed E-state index contributed by atoms with van der Waals surface area (Å²) in [4.78, 5) is 14.7. The second-order valence-electron chi connectivity index (χ2n) is 5.84. The summed E-state index contributed by atoms with van der Waals surface area (Å²) in [6.07, 6.45) is 4.71. The Bertz CT molecular complexity index is 641. The minimum absolute atomic E-state index is 0.0329. The van der Waals surface area contributed by atoms with Gasteiger partial charge in [-0.25, -0.2) is 0 Å². The second kappa shape index (κ2) is 6.36. The van der Waals surface area contributed by atoms with Crippen molar-refractivity contribution in [3.8, 4) is 0 Å². The van der Waals surface area contributed by atoms with Gasteiger partial charge in [-0.05, 0) is 36.5 Å². The van der Waals surface area contributed by atoms with Crippen LogP contribution in [0.4, 0.5) is 0 Å². The maximum absolute atomic E-state index is 12.7. The largest absolute Gasteiger partial charge is 0.467 e. The summed E-state index contributed by atoms with van der Waals surface area (Å²) < 4.78 is 5.29. The van der Waals surface area contributed by atoms with Crippen LogP contribution in [0, 0.1) is 0 Å². The molecule has 0 spiro atoms. The number of amides is 1. The molecule has 4 nitrogen and oxygen atoms in total. The molecule has 0 saturated heterocycles. The molecule has 1 saturated carbocycles. The molecule has 0 unspecified atom stereocenters. The van der Waals surface area contributed by atoms with Gasteiger partial charge < -0.3 is 15.1 Å². The van der Waals surface area contributed by atoms with Crippen LogP contribution in [0.3, 0.4) is 0 Å². The van der Waals surface area contributed by atoms with Gasteiger partial charge in [0.05, 0.1) is 12.1 Å². The average Bonchev–Trinajstić information content (AvgIpc) is 3.28. The molecule has 2 aromatic rings. The van der Waals surface area contributed by atoms with E-state index in [2.05, 4.69) is 31.2 Å². The molecule has 4 heteroatoms. The molecule has 1 aromatic carbocycles. The van der Waals surface area contributed by atoms with E-state index in [4.69, 9.17) is 10.2 Å². The van der Waals surface area contributed by atoms with Crippen LogP contribution in [0.1, 0.15) is 47.0 Å². The van der Waals surface area contributed by atoms with Crippen LogP contribution in [-0.4, -0.2) is 16.8 Å². The Morgan fingerprint density at radius 2 is 1.95 bits per heavy atom. The van der Waals surface area contributed by atoms with E-state index in [-0.39, 0.29) is 5.91 Å². The van der Waals surface area contributed by atoms with E-state index in [1.54, 1.807) is 6.07 Å². The Kier molecular flexibility index (Phi) is 4.29. The fraction of sp³-hybridized carbons (Fsp3) is 0.389. The number of aryl methyl sites for hydroxylation is 1. The van der Waals surface area contributed by atoms with Crippen molar-refractivity contribution in [2.24, 2.45) is 5.73 Å². The lowest BCUT2D eigenvalue weighted by Crippen LogP contribution is -2.32. The highest BCUT2D eigenvalue weighted by Gasteiger charge is 2.33. The van der Waals surface area contributed by atoms with Crippen molar-refractivity contribution in [2.45, 2.75) is 45.3 Å². The number of carbonyl (C=O) groups excluding carboxylic acids is 1. The van der Waals surface area contributed by atoms with E-state index >= 15 is 0 Å². The molecule has 0 bridgehead atoms. The zero-order valence-corrected chi connectivity index (χ0v) is 12.9. The Balaban J connectivity index is 1.75. The predicted molar refractivity (Wildman–Crippen MR) is 85.3 cm³/mol. The molecular weight excluding hydrogens is 276 g/mol. The lowest BCUT2D eigenvalue weighted by atomic mass is 10.1. The van der Waals surface area contributed by atoms with Crippen molar-refractivity contribution in [2.75, 3.05) is 0 Å². The van der Waals surface area contributed by atoms with Gasteiger partial charge in [0.2, 0.25) is 0 Å². The Labute approximate surface area is 130 Å². The Morgan fingerprint density at radius 1 is 1.27 bits per heavy atom. The van der Waals surface area contributed by atoms with Crippen molar-refractivity contribution in [1.29, 1.82) is 0 Å². The Hall–Kier alpha value is -2.07. The van der Waals surface area contributed by atoms with Gasteiger partial charge in [0.15, 0.2) is 0 Å². The van der Waals surface area contributed by atoms with Gasteiger partial charge in [-0.15, -0.1) is 0 Å². The quantitative estimate of drug-likeness (QED) is 0.891. The number of hydrogen-bond donors (Lipinski definition) is 1. The van der Waals surface area contributed by atoms with E-state index < -0.39 is 0 Å². The average molecular weight is 298 g/mol. The van der Waals surface area contributed by atoms with Gasteiger partial charge in [-0.1, -0.05) is 31.2 Å². The molecule has 0 aliphatic heterocycles. The molecule has 0 radical (unpaired) electrons. The summed E-state index contributed by atoms with van der Waals surface area (Å²) in [5.74, 6) is 0.678. The summed E-state index contributed by atoms with van der Waals surface area (Å²) in [6, 6.07) is 10.6. The molecule has 1 aliphatic rings. The SMILES string of the molecule is CCc1ccc(CN(C(=O)c2coc(CN)c2)C2CC2)cc1. The van der Waals surface area contributed by atoms with Crippen molar-refractivity contribution in [1.82, 2.24) is 4.90 Å². The summed E-state index contributed by atoms with van der Waals surface area (Å²) in [7, 11) is 0. The molecule has 22 heavy (non-hydrogen) atoms. The third kappa shape index (κ3) is 3.22. The predicted octanol–water partition coefficient (Wildman–Crippen LogP) is 3.11. The first-order valence-corrected chi connectivity index (χ1v) is 7.87. The van der Waals surface area contributed by atoms with E-state index in [1.165, 1.54) is 17.4 Å². The lowest BCUT2D eigenvalue weighted by molar-refractivity contribution is 0.0729. The van der Waals surface area contributed by atoms with Crippen molar-refractivity contribution in [3.63, 3.8) is 0 Å². The minimum atomic E-state index is 0.0329. The molecule has 1 aliphatic carbocycles. The minimum Gasteiger partial charge on any atom is -0.467 e. The summed E-state index contributed by atoms with van der Waals surface area (Å²) >= 11 is 0. The molecule has 2 N–H and O–H groups in total. The number of hydrogen-bond acceptors (Lipinski definition) is 3. The highest BCUT2D eigenvalue weighted by molar-refractivity contribution is 5.94. The number of rotatable bonds is 6. The first-order valence-electron chi connectivity index (χ1n) is 7.87. The maximum atomic E-state index is 12.7. The molecular formula is C18H22N2O2. The van der Waals surface area contributed by atoms with Gasteiger partial charge in [0, 0.05) is 12.6 Å². The third-order valence-electron chi connectivity index (χ3n) is 4.13. The Morgan fingerprint density at radius 3 is 2.50 bits per heavy atom. The molecule has 1 fully saturated rings. The second-order valence-corrected chi connectivity index (χ2v) is 5.84. The van der Waals surface area contributed by atoms with E-state index in [9.17, 15) is 4.79 Å². The molecule has 116 valence electrons. The van der Waals surface area contributed by atoms with Crippen LogP contribution < -0.4 is 5.73 Å². The summed E-state index contributed by atoms with van der Waals surface area (Å²) in [5.41, 5.74) is 8.62. The highest BCUT2D eigenvalue weighted by Crippen LogP contribution is 2.30. The third-order valence-corrected chi connectivity index (χ3v) is 4.13. The van der Waals surface area contributed by atoms with E-state index in [0.717, 1.165) is 19.3 Å². The molecule has 1 amide bonds. The summed E-state index contributed by atoms with van der Waals surface area (Å²) in [5, 5.41) is 0. The van der Waals surface area contributed by atoms with Gasteiger partial charge in [-0.2, -0.15) is 0 Å². The monoisotopic (exact) mass is 298 g/mol. The zero-order valence-electron chi connectivity index (χ0n) is 12.9. The van der Waals surface area contributed by atoms with Crippen LogP contribution in [0.15, 0.2) is 41.0 Å². The molecule has 1 aromatic heterocycles. The maximum Gasteiger partial charge on any atom is 0.257 e. The molecule has 1 heterocycles. The highest BCUT2D eigenvalue weighted by atomic mass is 16.3. The standard InChI is InChI=1S/C18H22N2O2/c1-2-13-3-5-14(6-4-13)11-20(16-7-8-16)18(21)15-9-17(10-19)22-12-15/h3-6,9,12,16H,2,7-8,10-11,19H2,1H3. The fourth-order valence-corrected chi connectivity index (χ4v) is 2.60. The van der Waals surface area contributed by atoms with E-state index in [0.29, 0.717) is 30.5 Å². The van der Waals surface area contributed by atoms with Crippen molar-refractivity contribution >= 4 is 5.91 Å². The number of furan rings is 1. The van der Waals surface area contributed by atoms with Gasteiger partial charge in [0.1, 0.15) is 12.0 Å². The first-order chi connectivity index (χ1) is 10.7. The normalized spacial score (nSPS) is 14.1. The molecule has 3 rings (SSSR count). The van der Waals surface area contributed by atoms with Crippen LogP contribution in [0.2, 0.25) is 0 Å². The van der Waals surface area contributed by atoms with Gasteiger partial charge >= 0.3 is 0 Å². The summed E-state index contributed by atoms with van der Waals surface area (Å²) in [6.45, 7) is 3.11. The zero-order chi connectivity index (χ0) is 15.5. The molecule has 0 atom stereocenters. The number of benzene rings is 1. The number of carbonyl (C=O) groups is 1. The van der Waals surface area contributed by atoms with Crippen molar-refractivity contribution < 1.29 is 9.21 Å². The van der Waals surface area contributed by atoms with Crippen LogP contribution in [0.25, 0.3) is 0 Å². The topological polar surface area (TPSA) is 59.5 Å². The van der Waals surface area contributed by atoms with Gasteiger partial charge in [0.25, 0.3) is 5.91 Å². The van der Waals surface area contributed by atoms with Crippen LogP contribution >= 0.6 is 0 Å². The van der Waals surface area contributed by atoms with Gasteiger partial charge in [-0.3, -0.25) is 4.79 Å².